The molecule has 4 rings (SSSR count). The molecule has 3 atom stereocenters. The molecule has 0 aliphatic carbocycles. The van der Waals surface area contributed by atoms with E-state index in [9.17, 15) is 4.79 Å². The number of thioether (sulfide) groups is 1. The number of hydrogen-bond acceptors (Lipinski definition) is 5. The van der Waals surface area contributed by atoms with Gasteiger partial charge in [-0.2, -0.15) is 0 Å². The number of amides is 1. The molecule has 2 aliphatic rings. The Morgan fingerprint density at radius 2 is 1.82 bits per heavy atom. The first-order chi connectivity index (χ1) is 16.0. The third-order valence-electron chi connectivity index (χ3n) is 6.83. The molecule has 2 aromatic carbocycles. The zero-order valence-corrected chi connectivity index (χ0v) is 20.4. The number of carbonyl (C=O) groups excluding carboxylic acids is 1. The standard InChI is InChI=1S/C26H35N5OS/c1-18-7-5-8-19(2)30(18)15-13-29-14-16-31-22-11-3-4-12-23(22)33-24(26(31)32)20-9-6-10-21(17-20)25(27)28/h3-4,6,9-12,17-19,24,29H,5,7-8,13-16H2,1-2H3,(H3,27,28)/t18-,19+,24?. The summed E-state index contributed by atoms with van der Waals surface area (Å²) in [7, 11) is 0. The number of nitrogens with zero attached hydrogens (tertiary/aromatic N) is 2. The van der Waals surface area contributed by atoms with E-state index in [2.05, 4.69) is 30.1 Å². The summed E-state index contributed by atoms with van der Waals surface area (Å²) < 4.78 is 0. The maximum absolute atomic E-state index is 13.6. The van der Waals surface area contributed by atoms with E-state index < -0.39 is 0 Å². The topological polar surface area (TPSA) is 85.5 Å². The second kappa shape index (κ2) is 10.7. The molecule has 0 radical (unpaired) electrons. The van der Waals surface area contributed by atoms with Crippen LogP contribution in [-0.2, 0) is 4.79 Å². The summed E-state index contributed by atoms with van der Waals surface area (Å²) in [6, 6.07) is 16.9. The number of nitrogens with one attached hydrogen (secondary N) is 2. The van der Waals surface area contributed by atoms with Gasteiger partial charge in [-0.1, -0.05) is 36.8 Å². The van der Waals surface area contributed by atoms with Crippen molar-refractivity contribution in [1.29, 1.82) is 5.41 Å². The molecule has 33 heavy (non-hydrogen) atoms. The predicted octanol–water partition coefficient (Wildman–Crippen LogP) is 4.00. The van der Waals surface area contributed by atoms with Crippen molar-refractivity contribution in [1.82, 2.24) is 10.2 Å². The van der Waals surface area contributed by atoms with Crippen LogP contribution >= 0.6 is 11.8 Å². The first kappa shape index (κ1) is 23.8. The fourth-order valence-corrected chi connectivity index (χ4v) is 6.19. The molecule has 0 bridgehead atoms. The zero-order chi connectivity index (χ0) is 23.4. The molecule has 176 valence electrons. The number of nitrogens with two attached hydrogens (primary N) is 1. The van der Waals surface area contributed by atoms with Gasteiger partial charge in [0.25, 0.3) is 0 Å². The van der Waals surface area contributed by atoms with E-state index in [1.165, 1.54) is 19.3 Å². The van der Waals surface area contributed by atoms with Gasteiger partial charge in [-0.05, 0) is 50.5 Å². The van der Waals surface area contributed by atoms with Crippen molar-refractivity contribution in [2.24, 2.45) is 5.73 Å². The third kappa shape index (κ3) is 5.42. The quantitative estimate of drug-likeness (QED) is 0.312. The molecule has 2 aliphatic heterocycles. The van der Waals surface area contributed by atoms with Crippen LogP contribution in [0.2, 0.25) is 0 Å². The molecule has 7 heteroatoms. The van der Waals surface area contributed by atoms with Crippen molar-refractivity contribution < 1.29 is 4.79 Å². The summed E-state index contributed by atoms with van der Waals surface area (Å²) >= 11 is 1.58. The lowest BCUT2D eigenvalue weighted by Gasteiger charge is -2.39. The highest BCUT2D eigenvalue weighted by molar-refractivity contribution is 8.00. The molecule has 4 N–H and O–H groups in total. The van der Waals surface area contributed by atoms with E-state index in [0.29, 0.717) is 24.2 Å². The summed E-state index contributed by atoms with van der Waals surface area (Å²) in [4.78, 5) is 19.2. The molecule has 0 spiro atoms. The largest absolute Gasteiger partial charge is 0.384 e. The molecule has 1 unspecified atom stereocenters. The van der Waals surface area contributed by atoms with Crippen molar-refractivity contribution in [3.8, 4) is 0 Å². The number of hydrogen-bond donors (Lipinski definition) is 3. The Bertz CT molecular complexity index is 986. The predicted molar refractivity (Wildman–Crippen MR) is 137 cm³/mol. The first-order valence-electron chi connectivity index (χ1n) is 11.9. The Morgan fingerprint density at radius 1 is 1.09 bits per heavy atom. The molecule has 2 heterocycles. The lowest BCUT2D eigenvalue weighted by molar-refractivity contribution is -0.118. The van der Waals surface area contributed by atoms with Crippen molar-refractivity contribution in [3.05, 3.63) is 59.7 Å². The Balaban J connectivity index is 1.42. The van der Waals surface area contributed by atoms with E-state index in [0.717, 1.165) is 35.8 Å². The second-order valence-corrected chi connectivity index (χ2v) is 10.3. The van der Waals surface area contributed by atoms with Crippen LogP contribution in [0.15, 0.2) is 53.4 Å². The first-order valence-corrected chi connectivity index (χ1v) is 12.8. The summed E-state index contributed by atoms with van der Waals surface area (Å²) in [6.07, 6.45) is 3.90. The number of fused-ring (bicyclic) bond motifs is 1. The number of amidine groups is 1. The molecule has 0 saturated carbocycles. The van der Waals surface area contributed by atoms with Crippen molar-refractivity contribution in [2.45, 2.75) is 55.3 Å². The minimum atomic E-state index is -0.339. The van der Waals surface area contributed by atoms with Crippen molar-refractivity contribution in [3.63, 3.8) is 0 Å². The third-order valence-corrected chi connectivity index (χ3v) is 8.14. The smallest absolute Gasteiger partial charge is 0.245 e. The van der Waals surface area contributed by atoms with Gasteiger partial charge < -0.3 is 16.0 Å². The number of likely N-dealkylation sites (tertiary alicyclic amines) is 1. The van der Waals surface area contributed by atoms with Crippen LogP contribution < -0.4 is 16.0 Å². The Hall–Kier alpha value is -2.35. The number of carbonyl (C=O) groups is 1. The molecular weight excluding hydrogens is 430 g/mol. The van der Waals surface area contributed by atoms with Crippen LogP contribution in [0.5, 0.6) is 0 Å². The highest BCUT2D eigenvalue weighted by Gasteiger charge is 2.34. The van der Waals surface area contributed by atoms with Gasteiger partial charge in [-0.15, -0.1) is 11.8 Å². The summed E-state index contributed by atoms with van der Waals surface area (Å²) in [5.41, 5.74) is 8.20. The van der Waals surface area contributed by atoms with Crippen LogP contribution in [0.1, 0.15) is 49.5 Å². The van der Waals surface area contributed by atoms with Crippen molar-refractivity contribution in [2.75, 3.05) is 31.1 Å². The van der Waals surface area contributed by atoms with Crippen molar-refractivity contribution >= 4 is 29.2 Å². The number of anilines is 1. The van der Waals surface area contributed by atoms with Crippen LogP contribution in [0.3, 0.4) is 0 Å². The Morgan fingerprint density at radius 3 is 2.58 bits per heavy atom. The molecule has 1 saturated heterocycles. The van der Waals surface area contributed by atoms with Crippen LogP contribution in [-0.4, -0.2) is 54.9 Å². The Kier molecular flexibility index (Phi) is 7.73. The lowest BCUT2D eigenvalue weighted by atomic mass is 9.98. The number of benzene rings is 2. The molecule has 0 aromatic heterocycles. The minimum Gasteiger partial charge on any atom is -0.384 e. The van der Waals surface area contributed by atoms with Crippen LogP contribution in [0.4, 0.5) is 5.69 Å². The molecule has 2 aromatic rings. The van der Waals surface area contributed by atoms with Gasteiger partial charge in [0.2, 0.25) is 5.91 Å². The summed E-state index contributed by atoms with van der Waals surface area (Å²) in [6.45, 7) is 8.02. The Labute approximate surface area is 201 Å². The molecular formula is C26H35N5OS. The second-order valence-electron chi connectivity index (χ2n) is 9.11. The van der Waals surface area contributed by atoms with Crippen LogP contribution in [0.25, 0.3) is 0 Å². The average molecular weight is 466 g/mol. The number of nitrogen functional groups attached to an aromatic ring is 1. The zero-order valence-electron chi connectivity index (χ0n) is 19.6. The molecule has 6 nitrogen and oxygen atoms in total. The fourth-order valence-electron chi connectivity index (χ4n) is 4.97. The minimum absolute atomic E-state index is 0.0175. The summed E-state index contributed by atoms with van der Waals surface area (Å²) in [5.74, 6) is 0.100. The number of piperidine rings is 1. The van der Waals surface area contributed by atoms with Gasteiger partial charge in [0.1, 0.15) is 11.1 Å². The van der Waals surface area contributed by atoms with Gasteiger partial charge in [0.05, 0.1) is 5.69 Å². The summed E-state index contributed by atoms with van der Waals surface area (Å²) in [5, 5.41) is 11.0. The fraction of sp³-hybridized carbons (Fsp3) is 0.462. The monoisotopic (exact) mass is 465 g/mol. The SMILES string of the molecule is C[C@@H]1CCC[C@H](C)N1CCNCCN1C(=O)C(c2cccc(C(=N)N)c2)Sc2ccccc21. The van der Waals surface area contributed by atoms with E-state index >= 15 is 0 Å². The van der Waals surface area contributed by atoms with E-state index in [4.69, 9.17) is 11.1 Å². The highest BCUT2D eigenvalue weighted by atomic mass is 32.2. The number of para-hydroxylation sites is 1. The van der Waals surface area contributed by atoms with Gasteiger partial charge in [-0.25, -0.2) is 0 Å². The van der Waals surface area contributed by atoms with Gasteiger partial charge >= 0.3 is 0 Å². The maximum Gasteiger partial charge on any atom is 0.245 e. The molecule has 1 amide bonds. The van der Waals surface area contributed by atoms with Crippen LogP contribution in [0, 0.1) is 5.41 Å². The van der Waals surface area contributed by atoms with E-state index in [-0.39, 0.29) is 17.0 Å². The van der Waals surface area contributed by atoms with Gasteiger partial charge in [0, 0.05) is 48.7 Å². The van der Waals surface area contributed by atoms with E-state index in [1.807, 2.05) is 47.4 Å². The lowest BCUT2D eigenvalue weighted by Crippen LogP contribution is -2.47. The normalized spacial score (nSPS) is 23.4. The van der Waals surface area contributed by atoms with Gasteiger partial charge in [0.15, 0.2) is 0 Å². The molecule has 1 fully saturated rings. The van der Waals surface area contributed by atoms with E-state index in [1.54, 1.807) is 11.8 Å². The highest BCUT2D eigenvalue weighted by Crippen LogP contribution is 2.46. The average Bonchev–Trinajstić information content (AvgIpc) is 2.81. The maximum atomic E-state index is 13.6. The van der Waals surface area contributed by atoms with Gasteiger partial charge in [-0.3, -0.25) is 15.1 Å². The number of rotatable bonds is 8.